The van der Waals surface area contributed by atoms with Crippen LogP contribution in [-0.2, 0) is 17.8 Å². The molecule has 0 saturated carbocycles. The molecule has 6 rings (SSSR count). The van der Waals surface area contributed by atoms with Crippen LogP contribution < -0.4 is 26.0 Å². The van der Waals surface area contributed by atoms with Crippen LogP contribution in [-0.4, -0.2) is 53.8 Å². The lowest BCUT2D eigenvalue weighted by Crippen LogP contribution is -2.49. The molecule has 39 heavy (non-hydrogen) atoms. The zero-order valence-corrected chi connectivity index (χ0v) is 22.7. The molecule has 3 aliphatic rings. The molecule has 1 amide bonds. The maximum Gasteiger partial charge on any atom is 0.336 e. The van der Waals surface area contributed by atoms with E-state index >= 15 is 0 Å². The lowest BCUT2D eigenvalue weighted by Gasteiger charge is -2.42. The van der Waals surface area contributed by atoms with Crippen molar-refractivity contribution in [3.05, 3.63) is 67.9 Å². The van der Waals surface area contributed by atoms with Crippen molar-refractivity contribution in [1.82, 2.24) is 14.8 Å². The van der Waals surface area contributed by atoms with Gasteiger partial charge in [0.1, 0.15) is 22.7 Å². The van der Waals surface area contributed by atoms with Crippen LogP contribution in [0.3, 0.4) is 0 Å². The van der Waals surface area contributed by atoms with E-state index in [1.807, 2.05) is 37.5 Å². The number of aryl methyl sites for hydroxylation is 2. The number of aromatic nitrogens is 1. The Balaban J connectivity index is 1.09. The zero-order chi connectivity index (χ0) is 27.3. The fraction of sp³-hybridized carbons (Fsp3) is 0.500. The van der Waals surface area contributed by atoms with Gasteiger partial charge >= 0.3 is 5.63 Å². The standard InChI is InChI=1S/C30H35N3O6/c1-18-11-27(36)38-29-21-7-8-30(2,3)39-23(21)13-24(28(18)29)37-17-25(34)31-9-10-32-14-19-12-20(16-32)22-5-4-6-26(35)33(22)15-19/h4-6,11,13,19-20H,7-10,12,14-17H2,1-3H3,(H,31,34)/t19-,20+/m1/s1. The second-order valence-corrected chi connectivity index (χ2v) is 11.8. The summed E-state index contributed by atoms with van der Waals surface area (Å²) < 4.78 is 19.7. The molecule has 1 fully saturated rings. The largest absolute Gasteiger partial charge is 0.487 e. The molecule has 3 aliphatic heterocycles. The van der Waals surface area contributed by atoms with Crippen molar-refractivity contribution >= 4 is 16.9 Å². The number of pyridine rings is 1. The van der Waals surface area contributed by atoms with Gasteiger partial charge in [0.05, 0.1) is 5.39 Å². The topological polar surface area (TPSA) is 103 Å². The number of amides is 1. The summed E-state index contributed by atoms with van der Waals surface area (Å²) in [6.45, 7) is 9.55. The minimum absolute atomic E-state index is 0.0854. The predicted molar refractivity (Wildman–Crippen MR) is 147 cm³/mol. The first-order valence-corrected chi connectivity index (χ1v) is 13.8. The molecular formula is C30H35N3O6. The first-order chi connectivity index (χ1) is 18.7. The van der Waals surface area contributed by atoms with Gasteiger partial charge in [0.25, 0.3) is 11.5 Å². The molecule has 1 saturated heterocycles. The number of likely N-dealkylation sites (tertiary alicyclic amines) is 1. The number of piperidine rings is 1. The maximum absolute atomic E-state index is 12.7. The Kier molecular flexibility index (Phi) is 6.49. The average Bonchev–Trinajstić information content (AvgIpc) is 2.87. The Morgan fingerprint density at radius 2 is 2.03 bits per heavy atom. The second-order valence-electron chi connectivity index (χ2n) is 11.8. The Morgan fingerprint density at radius 3 is 2.87 bits per heavy atom. The first-order valence-electron chi connectivity index (χ1n) is 13.8. The van der Waals surface area contributed by atoms with Crippen molar-refractivity contribution in [2.45, 2.75) is 58.1 Å². The molecule has 9 nitrogen and oxygen atoms in total. The number of benzene rings is 1. The van der Waals surface area contributed by atoms with Gasteiger partial charge in [-0.1, -0.05) is 6.07 Å². The highest BCUT2D eigenvalue weighted by Gasteiger charge is 2.34. The minimum atomic E-state index is -0.417. The van der Waals surface area contributed by atoms with Crippen LogP contribution in [0.25, 0.3) is 11.0 Å². The average molecular weight is 534 g/mol. The Hall–Kier alpha value is -3.59. The predicted octanol–water partition coefficient (Wildman–Crippen LogP) is 2.98. The molecule has 0 unspecified atom stereocenters. The van der Waals surface area contributed by atoms with Crippen LogP contribution in [0.5, 0.6) is 11.5 Å². The Morgan fingerprint density at radius 1 is 1.18 bits per heavy atom. The summed E-state index contributed by atoms with van der Waals surface area (Å²) in [7, 11) is 0. The molecular weight excluding hydrogens is 498 g/mol. The van der Waals surface area contributed by atoms with Gasteiger partial charge < -0.3 is 28.7 Å². The highest BCUT2D eigenvalue weighted by molar-refractivity contribution is 5.91. The number of nitrogens with zero attached hydrogens (tertiary/aromatic N) is 2. The summed E-state index contributed by atoms with van der Waals surface area (Å²) >= 11 is 0. The van der Waals surface area contributed by atoms with Crippen LogP contribution in [0.15, 0.2) is 44.3 Å². The van der Waals surface area contributed by atoms with Gasteiger partial charge in [0.15, 0.2) is 6.61 Å². The molecule has 1 N–H and O–H groups in total. The fourth-order valence-electron chi connectivity index (χ4n) is 6.46. The second kappa shape index (κ2) is 9.86. The van der Waals surface area contributed by atoms with Gasteiger partial charge in [-0.25, -0.2) is 4.79 Å². The van der Waals surface area contributed by atoms with E-state index in [1.165, 1.54) is 6.07 Å². The molecule has 1 aromatic carbocycles. The maximum atomic E-state index is 12.7. The number of hydrogen-bond acceptors (Lipinski definition) is 7. The van der Waals surface area contributed by atoms with Gasteiger partial charge in [0.2, 0.25) is 0 Å². The van der Waals surface area contributed by atoms with Gasteiger partial charge in [-0.05, 0) is 57.6 Å². The van der Waals surface area contributed by atoms with Crippen molar-refractivity contribution in [1.29, 1.82) is 0 Å². The number of rotatable bonds is 6. The van der Waals surface area contributed by atoms with Crippen molar-refractivity contribution in [2.24, 2.45) is 5.92 Å². The SMILES string of the molecule is Cc1cc(=O)oc2c3c(cc(OCC(=O)NCCN4C[C@H]5C[C@@H](C4)c4cccc(=O)n4C5)c12)OC(C)(C)CC3. The van der Waals surface area contributed by atoms with Crippen LogP contribution in [0.2, 0.25) is 0 Å². The number of hydrogen-bond donors (Lipinski definition) is 1. The number of nitrogens with one attached hydrogen (secondary N) is 1. The van der Waals surface area contributed by atoms with E-state index in [0.29, 0.717) is 40.8 Å². The van der Waals surface area contributed by atoms with Crippen molar-refractivity contribution in [3.63, 3.8) is 0 Å². The Bertz CT molecular complexity index is 1550. The van der Waals surface area contributed by atoms with Crippen LogP contribution >= 0.6 is 0 Å². The van der Waals surface area contributed by atoms with Crippen molar-refractivity contribution < 1.29 is 18.7 Å². The quantitative estimate of drug-likeness (QED) is 0.486. The first kappa shape index (κ1) is 25.7. The molecule has 2 atom stereocenters. The van der Waals surface area contributed by atoms with E-state index in [-0.39, 0.29) is 23.7 Å². The molecule has 5 heterocycles. The van der Waals surface area contributed by atoms with Gasteiger partial charge in [0, 0.05) is 68.1 Å². The molecule has 3 aromatic rings. The van der Waals surface area contributed by atoms with E-state index in [9.17, 15) is 14.4 Å². The summed E-state index contributed by atoms with van der Waals surface area (Å²) in [5.41, 5.74) is 2.52. The van der Waals surface area contributed by atoms with E-state index in [2.05, 4.69) is 16.3 Å². The highest BCUT2D eigenvalue weighted by atomic mass is 16.5. The molecule has 2 bridgehead atoms. The molecule has 0 radical (unpaired) electrons. The van der Waals surface area contributed by atoms with Crippen molar-refractivity contribution in [2.75, 3.05) is 32.8 Å². The molecule has 0 aliphatic carbocycles. The van der Waals surface area contributed by atoms with E-state index < -0.39 is 5.63 Å². The van der Waals surface area contributed by atoms with Crippen LogP contribution in [0.4, 0.5) is 0 Å². The summed E-state index contributed by atoms with van der Waals surface area (Å²) in [4.78, 5) is 39.5. The fourth-order valence-corrected chi connectivity index (χ4v) is 6.46. The lowest BCUT2D eigenvalue weighted by molar-refractivity contribution is -0.123. The minimum Gasteiger partial charge on any atom is -0.487 e. The number of carbonyl (C=O) groups is 1. The zero-order valence-electron chi connectivity index (χ0n) is 22.7. The summed E-state index contributed by atoms with van der Waals surface area (Å²) in [5, 5.41) is 3.67. The van der Waals surface area contributed by atoms with E-state index in [4.69, 9.17) is 13.9 Å². The van der Waals surface area contributed by atoms with Gasteiger partial charge in [-0.2, -0.15) is 0 Å². The number of carbonyl (C=O) groups excluding carboxylic acids is 1. The normalized spacial score (nSPS) is 21.5. The highest BCUT2D eigenvalue weighted by Crippen LogP contribution is 2.42. The number of ether oxygens (including phenoxy) is 2. The van der Waals surface area contributed by atoms with Crippen LogP contribution in [0.1, 0.15) is 49.4 Å². The van der Waals surface area contributed by atoms with Crippen molar-refractivity contribution in [3.8, 4) is 11.5 Å². The third-order valence-electron chi connectivity index (χ3n) is 8.27. The summed E-state index contributed by atoms with van der Waals surface area (Å²) in [5.74, 6) is 1.67. The lowest BCUT2D eigenvalue weighted by atomic mass is 9.83. The third-order valence-corrected chi connectivity index (χ3v) is 8.27. The van der Waals surface area contributed by atoms with E-state index in [0.717, 1.165) is 62.3 Å². The number of fused-ring (bicyclic) bond motifs is 7. The van der Waals surface area contributed by atoms with Gasteiger partial charge in [-0.15, -0.1) is 0 Å². The molecule has 2 aromatic heterocycles. The van der Waals surface area contributed by atoms with E-state index in [1.54, 1.807) is 6.07 Å². The summed E-state index contributed by atoms with van der Waals surface area (Å²) in [6.07, 6.45) is 2.64. The monoisotopic (exact) mass is 533 g/mol. The molecule has 206 valence electrons. The molecule has 9 heteroatoms. The molecule has 0 spiro atoms. The Labute approximate surface area is 226 Å². The smallest absolute Gasteiger partial charge is 0.336 e. The van der Waals surface area contributed by atoms with Gasteiger partial charge in [-0.3, -0.25) is 9.59 Å². The van der Waals surface area contributed by atoms with Crippen LogP contribution in [0, 0.1) is 12.8 Å². The summed E-state index contributed by atoms with van der Waals surface area (Å²) in [6, 6.07) is 8.81. The third kappa shape index (κ3) is 5.07.